The minimum Gasteiger partial charge on any atom is -0.393 e. The smallest absolute Gasteiger partial charge is 0.0805 e. The van der Waals surface area contributed by atoms with Crippen molar-refractivity contribution in [2.24, 2.45) is 5.92 Å². The average Bonchev–Trinajstić information content (AvgIpc) is 2.14. The minimum atomic E-state index is -0.0485. The maximum atomic E-state index is 10.0. The van der Waals surface area contributed by atoms with Gasteiger partial charge in [-0.3, -0.25) is 0 Å². The molecule has 0 spiro atoms. The molecule has 1 rings (SSSR count). The quantitative estimate of drug-likeness (QED) is 0.688. The topological polar surface area (TPSA) is 20.2 Å². The summed E-state index contributed by atoms with van der Waals surface area (Å²) in [5.41, 5.74) is 0. The van der Waals surface area contributed by atoms with E-state index in [0.29, 0.717) is 5.92 Å². The first-order valence-corrected chi connectivity index (χ1v) is 5.97. The van der Waals surface area contributed by atoms with Gasteiger partial charge >= 0.3 is 0 Å². The summed E-state index contributed by atoms with van der Waals surface area (Å²) in [6, 6.07) is 0. The first-order chi connectivity index (χ1) is 6.49. The Bertz CT molecular complexity index is 156. The molecule has 2 heteroatoms. The van der Waals surface area contributed by atoms with Crippen LogP contribution in [0.4, 0.5) is 0 Å². The van der Waals surface area contributed by atoms with Crippen LogP contribution in [-0.2, 0) is 0 Å². The van der Waals surface area contributed by atoms with Crippen molar-refractivity contribution in [3.8, 4) is 0 Å². The van der Waals surface area contributed by atoms with Gasteiger partial charge < -0.3 is 9.59 Å². The van der Waals surface area contributed by atoms with Gasteiger partial charge in [-0.2, -0.15) is 0 Å². The molecule has 1 aliphatic carbocycles. The fourth-order valence-corrected chi connectivity index (χ4v) is 2.27. The third-order valence-electron chi connectivity index (χ3n) is 3.29. The number of nitrogens with zero attached hydrogens (tertiary/aromatic N) is 1. The van der Waals surface area contributed by atoms with Gasteiger partial charge in [-0.1, -0.05) is 19.3 Å². The highest BCUT2D eigenvalue weighted by Gasteiger charge is 2.23. The van der Waals surface area contributed by atoms with Gasteiger partial charge in [0.1, 0.15) is 0 Å². The summed E-state index contributed by atoms with van der Waals surface area (Å²) in [7, 11) is 6.56. The van der Waals surface area contributed by atoms with E-state index >= 15 is 0 Å². The molecule has 0 aromatic carbocycles. The van der Waals surface area contributed by atoms with E-state index in [4.69, 9.17) is 0 Å². The molecule has 0 aromatic heterocycles. The molecule has 1 atom stereocenters. The zero-order valence-corrected chi connectivity index (χ0v) is 10.00. The molecule has 1 unspecified atom stereocenters. The van der Waals surface area contributed by atoms with E-state index in [0.717, 1.165) is 17.4 Å². The molecule has 0 amide bonds. The van der Waals surface area contributed by atoms with Crippen LogP contribution in [0.1, 0.15) is 38.5 Å². The molecule has 0 radical (unpaired) electrons. The number of aliphatic hydroxyl groups is 1. The van der Waals surface area contributed by atoms with Gasteiger partial charge in [-0.25, -0.2) is 0 Å². The normalized spacial score (nSPS) is 22.3. The molecule has 14 heavy (non-hydrogen) atoms. The van der Waals surface area contributed by atoms with Crippen molar-refractivity contribution in [2.75, 3.05) is 27.7 Å². The first-order valence-electron chi connectivity index (χ1n) is 5.97. The second-order valence-corrected chi connectivity index (χ2v) is 5.77. The lowest BCUT2D eigenvalue weighted by Crippen LogP contribution is -2.38. The molecule has 84 valence electrons. The van der Waals surface area contributed by atoms with Crippen molar-refractivity contribution in [1.29, 1.82) is 0 Å². The molecule has 2 nitrogen and oxygen atoms in total. The van der Waals surface area contributed by atoms with E-state index in [1.807, 2.05) is 0 Å². The molecule has 0 aromatic rings. The van der Waals surface area contributed by atoms with Crippen LogP contribution in [0.15, 0.2) is 0 Å². The number of rotatable bonds is 4. The van der Waals surface area contributed by atoms with Gasteiger partial charge in [0.15, 0.2) is 0 Å². The fraction of sp³-hybridized carbons (Fsp3) is 1.00. The van der Waals surface area contributed by atoms with E-state index < -0.39 is 0 Å². The first kappa shape index (κ1) is 12.0. The standard InChI is InChI=1S/C12H26NO/c1-13(2,3)10-9-12(14)11-7-5-4-6-8-11/h11-12,14H,4-10H2,1-3H3/q+1. The van der Waals surface area contributed by atoms with Crippen LogP contribution in [0, 0.1) is 5.92 Å². The van der Waals surface area contributed by atoms with E-state index in [1.54, 1.807) is 0 Å². The van der Waals surface area contributed by atoms with Crippen molar-refractivity contribution in [3.63, 3.8) is 0 Å². The predicted octanol–water partition coefficient (Wildman–Crippen LogP) is 2.02. The molecule has 1 fully saturated rings. The largest absolute Gasteiger partial charge is 0.393 e. The lowest BCUT2D eigenvalue weighted by Gasteiger charge is -2.30. The third kappa shape index (κ3) is 4.43. The molecular formula is C12H26NO+. The van der Waals surface area contributed by atoms with Gasteiger partial charge in [0.05, 0.1) is 33.8 Å². The molecule has 0 saturated heterocycles. The number of quaternary nitrogens is 1. The maximum Gasteiger partial charge on any atom is 0.0805 e. The van der Waals surface area contributed by atoms with Gasteiger partial charge in [-0.05, 0) is 18.8 Å². The van der Waals surface area contributed by atoms with Crippen LogP contribution in [0.25, 0.3) is 0 Å². The predicted molar refractivity (Wildman–Crippen MR) is 60.1 cm³/mol. The summed E-state index contributed by atoms with van der Waals surface area (Å²) in [4.78, 5) is 0. The van der Waals surface area contributed by atoms with E-state index in [2.05, 4.69) is 21.1 Å². The summed E-state index contributed by atoms with van der Waals surface area (Å²) >= 11 is 0. The summed E-state index contributed by atoms with van der Waals surface area (Å²) in [5.74, 6) is 0.593. The highest BCUT2D eigenvalue weighted by atomic mass is 16.3. The van der Waals surface area contributed by atoms with E-state index in [-0.39, 0.29) is 6.10 Å². The molecule has 0 bridgehead atoms. The zero-order valence-electron chi connectivity index (χ0n) is 10.00. The summed E-state index contributed by atoms with van der Waals surface area (Å²) in [5, 5.41) is 10.0. The highest BCUT2D eigenvalue weighted by Crippen LogP contribution is 2.27. The van der Waals surface area contributed by atoms with Gasteiger partial charge in [0.25, 0.3) is 0 Å². The summed E-state index contributed by atoms with van der Waals surface area (Å²) < 4.78 is 0.962. The molecule has 1 saturated carbocycles. The number of aliphatic hydroxyl groups excluding tert-OH is 1. The van der Waals surface area contributed by atoms with Crippen LogP contribution in [-0.4, -0.2) is 43.4 Å². The Labute approximate surface area is 88.5 Å². The second kappa shape index (κ2) is 5.13. The lowest BCUT2D eigenvalue weighted by atomic mass is 9.84. The summed E-state index contributed by atoms with van der Waals surface area (Å²) in [6.07, 6.45) is 7.44. The minimum absolute atomic E-state index is 0.0485. The average molecular weight is 200 g/mol. The Kier molecular flexibility index (Phi) is 4.39. The van der Waals surface area contributed by atoms with Crippen molar-refractivity contribution in [2.45, 2.75) is 44.6 Å². The van der Waals surface area contributed by atoms with E-state index in [9.17, 15) is 5.11 Å². The van der Waals surface area contributed by atoms with Crippen molar-refractivity contribution >= 4 is 0 Å². The third-order valence-corrected chi connectivity index (χ3v) is 3.29. The Hall–Kier alpha value is -0.0800. The van der Waals surface area contributed by atoms with Crippen LogP contribution in [0.3, 0.4) is 0 Å². The Morgan fingerprint density at radius 3 is 2.21 bits per heavy atom. The molecule has 0 heterocycles. The van der Waals surface area contributed by atoms with Crippen molar-refractivity contribution in [3.05, 3.63) is 0 Å². The van der Waals surface area contributed by atoms with Crippen LogP contribution < -0.4 is 0 Å². The summed E-state index contributed by atoms with van der Waals surface area (Å²) in [6.45, 7) is 1.08. The molecule has 1 N–H and O–H groups in total. The number of hydrogen-bond donors (Lipinski definition) is 1. The maximum absolute atomic E-state index is 10.0. The van der Waals surface area contributed by atoms with Crippen molar-refractivity contribution in [1.82, 2.24) is 0 Å². The zero-order chi connectivity index (χ0) is 10.6. The van der Waals surface area contributed by atoms with Gasteiger partial charge in [0.2, 0.25) is 0 Å². The SMILES string of the molecule is C[N+](C)(C)CCC(O)C1CCCCC1. The van der Waals surface area contributed by atoms with Crippen molar-refractivity contribution < 1.29 is 9.59 Å². The number of hydrogen-bond acceptors (Lipinski definition) is 1. The fourth-order valence-electron chi connectivity index (χ4n) is 2.27. The van der Waals surface area contributed by atoms with Crippen LogP contribution >= 0.6 is 0 Å². The second-order valence-electron chi connectivity index (χ2n) is 5.77. The van der Waals surface area contributed by atoms with Gasteiger partial charge in [0, 0.05) is 6.42 Å². The Morgan fingerprint density at radius 1 is 1.14 bits per heavy atom. The van der Waals surface area contributed by atoms with Gasteiger partial charge in [-0.15, -0.1) is 0 Å². The van der Waals surface area contributed by atoms with Crippen LogP contribution in [0.5, 0.6) is 0 Å². The van der Waals surface area contributed by atoms with Crippen LogP contribution in [0.2, 0.25) is 0 Å². The monoisotopic (exact) mass is 200 g/mol. The molecule has 1 aliphatic rings. The molecule has 0 aliphatic heterocycles. The Balaban J connectivity index is 2.23. The Morgan fingerprint density at radius 2 is 1.71 bits per heavy atom. The highest BCUT2D eigenvalue weighted by molar-refractivity contribution is 4.72. The lowest BCUT2D eigenvalue weighted by molar-refractivity contribution is -0.871. The molecular weight excluding hydrogens is 174 g/mol. The van der Waals surface area contributed by atoms with E-state index in [1.165, 1.54) is 32.1 Å².